The van der Waals surface area contributed by atoms with Crippen LogP contribution in [0.25, 0.3) is 12.2 Å². The Morgan fingerprint density at radius 2 is 2.06 bits per heavy atom. The molecule has 2 aromatic carbocycles. The van der Waals surface area contributed by atoms with Crippen LogP contribution >= 0.6 is 0 Å². The summed E-state index contributed by atoms with van der Waals surface area (Å²) in [7, 11) is 0. The number of nitro groups is 1. The van der Waals surface area contributed by atoms with Crippen LogP contribution in [0.15, 0.2) is 72.4 Å². The molecule has 168 valence electrons. The van der Waals surface area contributed by atoms with Crippen molar-refractivity contribution in [1.82, 2.24) is 0 Å². The van der Waals surface area contributed by atoms with Gasteiger partial charge in [0, 0.05) is 29.9 Å². The molecule has 1 spiro atoms. The second kappa shape index (κ2) is 7.74. The van der Waals surface area contributed by atoms with Gasteiger partial charge in [0.25, 0.3) is 5.69 Å². The van der Waals surface area contributed by atoms with Gasteiger partial charge in [0.1, 0.15) is 5.75 Å². The lowest BCUT2D eigenvalue weighted by Crippen LogP contribution is -2.60. The number of non-ortho nitro benzene ring substituents is 1. The van der Waals surface area contributed by atoms with Gasteiger partial charge in [-0.3, -0.25) is 10.1 Å². The predicted molar refractivity (Wildman–Crippen MR) is 130 cm³/mol. The summed E-state index contributed by atoms with van der Waals surface area (Å²) < 4.78 is 6.63. The highest BCUT2D eigenvalue weighted by Gasteiger charge is 2.58. The Morgan fingerprint density at radius 1 is 1.21 bits per heavy atom. The van der Waals surface area contributed by atoms with Gasteiger partial charge < -0.3 is 14.7 Å². The minimum atomic E-state index is -0.860. The van der Waals surface area contributed by atoms with Crippen LogP contribution in [-0.4, -0.2) is 28.9 Å². The van der Waals surface area contributed by atoms with Crippen LogP contribution < -0.4 is 9.64 Å². The number of fused-ring (bicyclic) bond motifs is 2. The molecule has 6 nitrogen and oxygen atoms in total. The van der Waals surface area contributed by atoms with E-state index in [0.717, 1.165) is 23.2 Å². The molecule has 0 bridgehead atoms. The van der Waals surface area contributed by atoms with Crippen LogP contribution in [0.3, 0.4) is 0 Å². The van der Waals surface area contributed by atoms with Gasteiger partial charge in [-0.05, 0) is 67.3 Å². The molecule has 3 aliphatic rings. The van der Waals surface area contributed by atoms with E-state index in [1.807, 2.05) is 12.2 Å². The monoisotopic (exact) mass is 442 g/mol. The Hall–Kier alpha value is -3.64. The molecule has 2 aromatic rings. The van der Waals surface area contributed by atoms with Crippen molar-refractivity contribution in [2.75, 3.05) is 18.1 Å². The molecule has 33 heavy (non-hydrogen) atoms. The fraction of sp³-hybridized carbons (Fsp3) is 0.259. The van der Waals surface area contributed by atoms with E-state index in [4.69, 9.17) is 4.74 Å². The van der Waals surface area contributed by atoms with E-state index in [0.29, 0.717) is 17.9 Å². The van der Waals surface area contributed by atoms with Crippen LogP contribution in [0, 0.1) is 10.1 Å². The van der Waals surface area contributed by atoms with Gasteiger partial charge >= 0.3 is 0 Å². The highest BCUT2D eigenvalue weighted by molar-refractivity contribution is 5.75. The van der Waals surface area contributed by atoms with E-state index in [2.05, 4.69) is 67.3 Å². The van der Waals surface area contributed by atoms with Crippen LogP contribution in [0.2, 0.25) is 0 Å². The molecular weight excluding hydrogens is 416 g/mol. The van der Waals surface area contributed by atoms with E-state index in [9.17, 15) is 15.2 Å². The zero-order valence-corrected chi connectivity index (χ0v) is 18.7. The minimum absolute atomic E-state index is 0.0234. The first-order valence-electron chi connectivity index (χ1n) is 11.1. The van der Waals surface area contributed by atoms with Crippen LogP contribution in [-0.2, 0) is 5.41 Å². The minimum Gasteiger partial charge on any atom is -0.463 e. The molecule has 0 radical (unpaired) electrons. The van der Waals surface area contributed by atoms with E-state index >= 15 is 0 Å². The van der Waals surface area contributed by atoms with Crippen molar-refractivity contribution in [3.05, 3.63) is 99.2 Å². The standard InChI is InChI=1S/C27H26N2O4/c1-26(2)23-17-20(8-7-19-5-3-4-6-19)9-11-24(23)28(15-16-30)27(26)14-13-21-18-22(29(31)32)10-12-25(21)33-27/h3-5,7-14,17-18,30H,6,15-16H2,1-2H3/b8-7-. The second-order valence-electron chi connectivity index (χ2n) is 9.10. The SMILES string of the molecule is CC1(C)c2cc(/C=C\C3=CC=CC3)ccc2N(CCO)C12C=Cc1cc([N+](=O)[O-])ccc1O2. The average molecular weight is 443 g/mol. The maximum atomic E-state index is 11.2. The van der Waals surface area contributed by atoms with Gasteiger partial charge in [0.15, 0.2) is 0 Å². The Bertz CT molecular complexity index is 1250. The first-order valence-corrected chi connectivity index (χ1v) is 11.1. The summed E-state index contributed by atoms with van der Waals surface area (Å²) in [6, 6.07) is 11.0. The van der Waals surface area contributed by atoms with Crippen molar-refractivity contribution in [2.24, 2.45) is 0 Å². The fourth-order valence-electron chi connectivity index (χ4n) is 5.04. The maximum absolute atomic E-state index is 11.2. The van der Waals surface area contributed by atoms with Crippen molar-refractivity contribution in [2.45, 2.75) is 31.4 Å². The number of allylic oxidation sites excluding steroid dienone is 5. The maximum Gasteiger partial charge on any atom is 0.270 e. The van der Waals surface area contributed by atoms with Gasteiger partial charge in [0.05, 0.1) is 16.9 Å². The van der Waals surface area contributed by atoms with Crippen LogP contribution in [0.1, 0.15) is 37.0 Å². The first kappa shape index (κ1) is 21.2. The number of anilines is 1. The largest absolute Gasteiger partial charge is 0.463 e. The van der Waals surface area contributed by atoms with Gasteiger partial charge in [0.2, 0.25) is 5.72 Å². The number of benzene rings is 2. The molecule has 1 aliphatic carbocycles. The second-order valence-corrected chi connectivity index (χ2v) is 9.10. The summed E-state index contributed by atoms with van der Waals surface area (Å²) in [6.45, 7) is 4.66. The van der Waals surface area contributed by atoms with E-state index < -0.39 is 16.1 Å². The first-order chi connectivity index (χ1) is 15.9. The Balaban J connectivity index is 1.56. The number of nitro benzene ring substituents is 1. The number of hydrogen-bond donors (Lipinski definition) is 1. The van der Waals surface area contributed by atoms with E-state index in [1.54, 1.807) is 6.07 Å². The Morgan fingerprint density at radius 3 is 2.79 bits per heavy atom. The van der Waals surface area contributed by atoms with Crippen molar-refractivity contribution in [3.8, 4) is 5.75 Å². The number of nitrogens with zero attached hydrogens (tertiary/aromatic N) is 2. The molecule has 2 aliphatic heterocycles. The van der Waals surface area contributed by atoms with Crippen molar-refractivity contribution >= 4 is 23.5 Å². The molecule has 1 unspecified atom stereocenters. The van der Waals surface area contributed by atoms with Gasteiger partial charge in [-0.2, -0.15) is 0 Å². The molecule has 2 heterocycles. The summed E-state index contributed by atoms with van der Waals surface area (Å²) in [5.41, 5.74) is 3.92. The van der Waals surface area contributed by atoms with Gasteiger partial charge in [-0.15, -0.1) is 0 Å². The Kier molecular flexibility index (Phi) is 4.98. The molecular formula is C27H26N2O4. The molecule has 0 aromatic heterocycles. The number of β-amino-alcohol motifs (C(OH)–C–C–N with tert-alkyl or cyclic N) is 1. The van der Waals surface area contributed by atoms with Crippen LogP contribution in [0.4, 0.5) is 11.4 Å². The third-order valence-electron chi connectivity index (χ3n) is 6.85. The molecule has 5 rings (SSSR count). The zero-order valence-electron chi connectivity index (χ0n) is 18.7. The predicted octanol–water partition coefficient (Wildman–Crippen LogP) is 5.39. The lowest BCUT2D eigenvalue weighted by Gasteiger charge is -2.47. The lowest BCUT2D eigenvalue weighted by molar-refractivity contribution is -0.384. The molecule has 1 N–H and O–H groups in total. The average Bonchev–Trinajstić information content (AvgIpc) is 3.38. The summed E-state index contributed by atoms with van der Waals surface area (Å²) in [6.07, 6.45) is 15.4. The number of hydrogen-bond acceptors (Lipinski definition) is 5. The normalized spacial score (nSPS) is 21.9. The summed E-state index contributed by atoms with van der Waals surface area (Å²) in [5, 5.41) is 21.1. The van der Waals surface area contributed by atoms with E-state index in [1.165, 1.54) is 17.7 Å². The molecule has 0 fully saturated rings. The number of aliphatic hydroxyl groups is 1. The van der Waals surface area contributed by atoms with Crippen molar-refractivity contribution in [3.63, 3.8) is 0 Å². The third-order valence-corrected chi connectivity index (χ3v) is 6.85. The fourth-order valence-corrected chi connectivity index (χ4v) is 5.04. The quantitative estimate of drug-likeness (QED) is 0.497. The summed E-state index contributed by atoms with van der Waals surface area (Å²) in [4.78, 5) is 12.9. The van der Waals surface area contributed by atoms with E-state index in [-0.39, 0.29) is 12.3 Å². The highest BCUT2D eigenvalue weighted by atomic mass is 16.6. The van der Waals surface area contributed by atoms with Crippen molar-refractivity contribution < 1.29 is 14.8 Å². The van der Waals surface area contributed by atoms with Crippen LogP contribution in [0.5, 0.6) is 5.75 Å². The number of ether oxygens (including phenoxy) is 1. The molecule has 0 saturated carbocycles. The number of aliphatic hydroxyl groups excluding tert-OH is 1. The molecule has 1 atom stereocenters. The van der Waals surface area contributed by atoms with Crippen molar-refractivity contribution in [1.29, 1.82) is 0 Å². The molecule has 6 heteroatoms. The molecule has 0 amide bonds. The Labute approximate surface area is 193 Å². The third kappa shape index (κ3) is 3.29. The molecule has 0 saturated heterocycles. The number of rotatable bonds is 5. The lowest BCUT2D eigenvalue weighted by atomic mass is 9.76. The highest BCUT2D eigenvalue weighted by Crippen LogP contribution is 2.55. The zero-order chi connectivity index (χ0) is 23.2. The summed E-state index contributed by atoms with van der Waals surface area (Å²) in [5.74, 6) is 0.590. The summed E-state index contributed by atoms with van der Waals surface area (Å²) >= 11 is 0. The smallest absolute Gasteiger partial charge is 0.270 e. The topological polar surface area (TPSA) is 75.8 Å². The van der Waals surface area contributed by atoms with Gasteiger partial charge in [-0.1, -0.05) is 36.4 Å². The van der Waals surface area contributed by atoms with Gasteiger partial charge in [-0.25, -0.2) is 0 Å².